The number of amides is 2. The van der Waals surface area contributed by atoms with Crippen LogP contribution in [0.25, 0.3) is 0 Å². The van der Waals surface area contributed by atoms with E-state index < -0.39 is 0 Å². The summed E-state index contributed by atoms with van der Waals surface area (Å²) in [5, 5.41) is 0. The monoisotopic (exact) mass is 275 g/mol. The van der Waals surface area contributed by atoms with Crippen molar-refractivity contribution < 1.29 is 4.79 Å². The lowest BCUT2D eigenvalue weighted by Gasteiger charge is -2.15. The second-order valence-corrected chi connectivity index (χ2v) is 4.38. The van der Waals surface area contributed by atoms with E-state index in [9.17, 15) is 4.79 Å². The van der Waals surface area contributed by atoms with Crippen molar-refractivity contribution >= 4 is 29.3 Å². The molecule has 2 amide bonds. The molecule has 8 heteroatoms. The molecule has 6 N–H and O–H groups in total. The Kier molecular flexibility index (Phi) is 3.74. The first-order valence-corrected chi connectivity index (χ1v) is 6.04. The zero-order valence-electron chi connectivity index (χ0n) is 11.2. The number of benzene rings is 1. The molecule has 1 aliphatic heterocycles. The molecule has 0 aromatic heterocycles. The van der Waals surface area contributed by atoms with E-state index in [1.165, 1.54) is 0 Å². The van der Waals surface area contributed by atoms with Crippen LogP contribution in [0.15, 0.2) is 34.3 Å². The lowest BCUT2D eigenvalue weighted by atomic mass is 10.2. The highest BCUT2D eigenvalue weighted by Crippen LogP contribution is 2.22. The number of aliphatic imine (C=N–C) groups is 2. The van der Waals surface area contributed by atoms with Crippen LogP contribution in [-0.4, -0.2) is 43.0 Å². The molecule has 0 saturated carbocycles. The maximum atomic E-state index is 11.8. The third-order valence-electron chi connectivity index (χ3n) is 2.87. The van der Waals surface area contributed by atoms with Crippen LogP contribution in [0.4, 0.5) is 16.2 Å². The van der Waals surface area contributed by atoms with E-state index in [-0.39, 0.29) is 18.0 Å². The molecule has 2 rings (SSSR count). The maximum absolute atomic E-state index is 11.8. The molecule has 1 saturated heterocycles. The lowest BCUT2D eigenvalue weighted by molar-refractivity contribution is 0.229. The van der Waals surface area contributed by atoms with E-state index >= 15 is 0 Å². The molecule has 0 spiro atoms. The van der Waals surface area contributed by atoms with E-state index in [0.717, 1.165) is 12.2 Å². The van der Waals surface area contributed by atoms with Gasteiger partial charge >= 0.3 is 6.03 Å². The van der Waals surface area contributed by atoms with E-state index in [2.05, 4.69) is 9.98 Å². The third kappa shape index (κ3) is 2.97. The average Bonchev–Trinajstić information content (AvgIpc) is 2.70. The molecular weight excluding hydrogens is 258 g/mol. The molecule has 106 valence electrons. The summed E-state index contributed by atoms with van der Waals surface area (Å²) in [5.74, 6) is -0.164. The van der Waals surface area contributed by atoms with E-state index in [1.54, 1.807) is 41.1 Å². The second kappa shape index (κ2) is 5.47. The Morgan fingerprint density at radius 1 is 1.15 bits per heavy atom. The van der Waals surface area contributed by atoms with Gasteiger partial charge in [-0.05, 0) is 24.3 Å². The zero-order valence-corrected chi connectivity index (χ0v) is 11.2. The van der Waals surface area contributed by atoms with Gasteiger partial charge in [-0.15, -0.1) is 0 Å². The Labute approximate surface area is 116 Å². The second-order valence-electron chi connectivity index (χ2n) is 4.38. The van der Waals surface area contributed by atoms with Gasteiger partial charge in [0.25, 0.3) is 0 Å². The van der Waals surface area contributed by atoms with Crippen LogP contribution in [0.1, 0.15) is 0 Å². The molecule has 1 fully saturated rings. The largest absolute Gasteiger partial charge is 0.370 e. The Morgan fingerprint density at radius 3 is 2.30 bits per heavy atom. The standard InChI is InChI=1S/C12H17N7O/c1-18-6-7-19(12(18)20)9-4-2-8(3-5-9)16-11(15)17-10(13)14/h2-5H,6-7H2,1H3,(H6,13,14,15,16,17). The van der Waals surface area contributed by atoms with E-state index in [4.69, 9.17) is 17.2 Å². The van der Waals surface area contributed by atoms with Crippen molar-refractivity contribution in [2.45, 2.75) is 0 Å². The van der Waals surface area contributed by atoms with Crippen LogP contribution in [0, 0.1) is 0 Å². The van der Waals surface area contributed by atoms with E-state index in [0.29, 0.717) is 12.2 Å². The maximum Gasteiger partial charge on any atom is 0.324 e. The topological polar surface area (TPSA) is 126 Å². The van der Waals surface area contributed by atoms with Gasteiger partial charge in [0.2, 0.25) is 5.96 Å². The summed E-state index contributed by atoms with van der Waals surface area (Å²) >= 11 is 0. The molecule has 0 unspecified atom stereocenters. The van der Waals surface area contributed by atoms with Gasteiger partial charge in [0.15, 0.2) is 5.96 Å². The summed E-state index contributed by atoms with van der Waals surface area (Å²) in [6, 6.07) is 7.09. The molecule has 1 aromatic rings. The fourth-order valence-corrected chi connectivity index (χ4v) is 1.88. The molecule has 1 aliphatic rings. The average molecular weight is 275 g/mol. The van der Waals surface area contributed by atoms with Crippen LogP contribution in [-0.2, 0) is 0 Å². The fourth-order valence-electron chi connectivity index (χ4n) is 1.88. The van der Waals surface area contributed by atoms with Crippen molar-refractivity contribution in [3.05, 3.63) is 24.3 Å². The van der Waals surface area contributed by atoms with Crippen LogP contribution in [0.2, 0.25) is 0 Å². The fraction of sp³-hybridized carbons (Fsp3) is 0.250. The predicted molar refractivity (Wildman–Crippen MR) is 78.9 cm³/mol. The van der Waals surface area contributed by atoms with Crippen LogP contribution in [0.3, 0.4) is 0 Å². The highest BCUT2D eigenvalue weighted by Gasteiger charge is 2.26. The molecule has 0 bridgehead atoms. The smallest absolute Gasteiger partial charge is 0.324 e. The summed E-state index contributed by atoms with van der Waals surface area (Å²) in [5.41, 5.74) is 17.4. The molecule has 0 atom stereocenters. The summed E-state index contributed by atoms with van der Waals surface area (Å²) in [6.07, 6.45) is 0. The zero-order chi connectivity index (χ0) is 14.7. The highest BCUT2D eigenvalue weighted by atomic mass is 16.2. The van der Waals surface area contributed by atoms with Gasteiger partial charge in [0.1, 0.15) is 0 Å². The van der Waals surface area contributed by atoms with Gasteiger partial charge in [-0.25, -0.2) is 9.79 Å². The molecule has 1 aromatic carbocycles. The Morgan fingerprint density at radius 2 is 1.80 bits per heavy atom. The number of likely N-dealkylation sites (N-methyl/N-ethyl adjacent to an activating group) is 1. The predicted octanol–water partition coefficient (Wildman–Crippen LogP) is -0.222. The number of hydrogen-bond donors (Lipinski definition) is 3. The summed E-state index contributed by atoms with van der Waals surface area (Å²) in [7, 11) is 1.77. The number of nitrogens with two attached hydrogens (primary N) is 3. The number of urea groups is 1. The minimum Gasteiger partial charge on any atom is -0.370 e. The van der Waals surface area contributed by atoms with Crippen LogP contribution < -0.4 is 22.1 Å². The van der Waals surface area contributed by atoms with Crippen molar-refractivity contribution in [2.75, 3.05) is 25.0 Å². The summed E-state index contributed by atoms with van der Waals surface area (Å²) in [6.45, 7) is 1.39. The highest BCUT2D eigenvalue weighted by molar-refractivity contribution is 5.95. The van der Waals surface area contributed by atoms with Crippen molar-refractivity contribution in [3.8, 4) is 0 Å². The van der Waals surface area contributed by atoms with Gasteiger partial charge in [0, 0.05) is 25.8 Å². The van der Waals surface area contributed by atoms with Crippen molar-refractivity contribution in [1.29, 1.82) is 0 Å². The first-order valence-electron chi connectivity index (χ1n) is 6.04. The first-order chi connectivity index (χ1) is 9.47. The quantitative estimate of drug-likeness (QED) is 0.509. The Balaban J connectivity index is 2.15. The van der Waals surface area contributed by atoms with Crippen LogP contribution in [0.5, 0.6) is 0 Å². The van der Waals surface area contributed by atoms with Gasteiger partial charge in [0.05, 0.1) is 5.69 Å². The first kappa shape index (κ1) is 13.7. The molecule has 20 heavy (non-hydrogen) atoms. The van der Waals surface area contributed by atoms with Gasteiger partial charge in [-0.3, -0.25) is 4.90 Å². The van der Waals surface area contributed by atoms with Gasteiger partial charge < -0.3 is 22.1 Å². The van der Waals surface area contributed by atoms with Gasteiger partial charge in [-0.1, -0.05) is 0 Å². The summed E-state index contributed by atoms with van der Waals surface area (Å²) in [4.78, 5) is 22.9. The third-order valence-corrected chi connectivity index (χ3v) is 2.87. The molecule has 0 radical (unpaired) electrons. The Hall–Kier alpha value is -2.77. The molecule has 1 heterocycles. The number of hydrogen-bond acceptors (Lipinski definition) is 2. The number of guanidine groups is 2. The molecular formula is C12H17N7O. The van der Waals surface area contributed by atoms with E-state index in [1.807, 2.05) is 0 Å². The number of rotatable bonds is 2. The van der Waals surface area contributed by atoms with Crippen molar-refractivity contribution in [1.82, 2.24) is 4.90 Å². The lowest BCUT2D eigenvalue weighted by Crippen LogP contribution is -2.29. The summed E-state index contributed by atoms with van der Waals surface area (Å²) < 4.78 is 0. The number of anilines is 1. The SMILES string of the molecule is CN1CCN(c2ccc(N=C(N)N=C(N)N)cc2)C1=O. The number of carbonyl (C=O) groups excluding carboxylic acids is 1. The molecule has 0 aliphatic carbocycles. The Bertz CT molecular complexity index is 560. The van der Waals surface area contributed by atoms with Gasteiger partial charge in [-0.2, -0.15) is 4.99 Å². The van der Waals surface area contributed by atoms with Crippen molar-refractivity contribution in [2.24, 2.45) is 27.2 Å². The van der Waals surface area contributed by atoms with Crippen LogP contribution >= 0.6 is 0 Å². The normalized spacial score (nSPS) is 15.7. The minimum absolute atomic E-state index is 0.0127. The van der Waals surface area contributed by atoms with Crippen molar-refractivity contribution in [3.63, 3.8) is 0 Å². The minimum atomic E-state index is -0.145. The number of nitrogens with zero attached hydrogens (tertiary/aromatic N) is 4. The molecule has 8 nitrogen and oxygen atoms in total. The number of carbonyl (C=O) groups is 1.